The number of esters is 1. The van der Waals surface area contributed by atoms with E-state index in [4.69, 9.17) is 4.74 Å². The van der Waals surface area contributed by atoms with Gasteiger partial charge in [0.2, 0.25) is 5.75 Å². The summed E-state index contributed by atoms with van der Waals surface area (Å²) in [6.07, 6.45) is 0. The Labute approximate surface area is 112 Å². The van der Waals surface area contributed by atoms with Crippen molar-refractivity contribution in [1.29, 1.82) is 0 Å². The third-order valence-electron chi connectivity index (χ3n) is 2.50. The molecule has 7 nitrogen and oxygen atoms in total. The molecule has 0 fully saturated rings. The maximum Gasteiger partial charge on any atom is 0.350 e. The minimum atomic E-state index is -1.00. The van der Waals surface area contributed by atoms with Gasteiger partial charge in [0.1, 0.15) is 5.56 Å². The fourth-order valence-corrected chi connectivity index (χ4v) is 1.55. The standard InChI is InChI=1S/C13H9NO6/c15-10-6-3-7-11(12(10)16)20-13(17)8-4-1-2-5-9(8)14(18)19/h1-7,15-16H. The van der Waals surface area contributed by atoms with Gasteiger partial charge in [-0.3, -0.25) is 10.1 Å². The predicted octanol–water partition coefficient (Wildman–Crippen LogP) is 2.23. The molecule has 0 unspecified atom stereocenters. The summed E-state index contributed by atoms with van der Waals surface area (Å²) in [6, 6.07) is 9.09. The summed E-state index contributed by atoms with van der Waals surface area (Å²) < 4.78 is 4.85. The fourth-order valence-electron chi connectivity index (χ4n) is 1.55. The van der Waals surface area contributed by atoms with Crippen LogP contribution >= 0.6 is 0 Å². The van der Waals surface area contributed by atoms with Crippen LogP contribution in [-0.4, -0.2) is 21.1 Å². The maximum atomic E-state index is 11.9. The van der Waals surface area contributed by atoms with Crippen LogP contribution in [0.4, 0.5) is 5.69 Å². The van der Waals surface area contributed by atoms with Crippen molar-refractivity contribution in [2.24, 2.45) is 0 Å². The predicted molar refractivity (Wildman–Crippen MR) is 67.8 cm³/mol. The number of nitrogens with zero attached hydrogens (tertiary/aromatic N) is 1. The van der Waals surface area contributed by atoms with Gasteiger partial charge >= 0.3 is 5.97 Å². The summed E-state index contributed by atoms with van der Waals surface area (Å²) in [5, 5.41) is 29.6. The van der Waals surface area contributed by atoms with Crippen molar-refractivity contribution < 1.29 is 24.7 Å². The third kappa shape index (κ3) is 2.51. The van der Waals surface area contributed by atoms with Gasteiger partial charge in [-0.2, -0.15) is 0 Å². The summed E-state index contributed by atoms with van der Waals surface area (Å²) in [5.74, 6) is -2.36. The first-order valence-corrected chi connectivity index (χ1v) is 5.47. The van der Waals surface area contributed by atoms with Crippen LogP contribution in [-0.2, 0) is 0 Å². The smallest absolute Gasteiger partial charge is 0.350 e. The van der Waals surface area contributed by atoms with Crippen LogP contribution in [0, 0.1) is 10.1 Å². The molecule has 0 aromatic heterocycles. The number of para-hydroxylation sites is 2. The molecule has 2 N–H and O–H groups in total. The number of rotatable bonds is 3. The second kappa shape index (κ2) is 5.27. The molecule has 0 aliphatic carbocycles. The van der Waals surface area contributed by atoms with E-state index >= 15 is 0 Å². The number of hydrogen-bond donors (Lipinski definition) is 2. The molecular formula is C13H9NO6. The zero-order valence-electron chi connectivity index (χ0n) is 10.0. The zero-order valence-corrected chi connectivity index (χ0v) is 10.0. The second-order valence-corrected chi connectivity index (χ2v) is 3.79. The molecule has 0 saturated carbocycles. The normalized spacial score (nSPS) is 10.0. The third-order valence-corrected chi connectivity index (χ3v) is 2.50. The molecule has 2 aromatic carbocycles. The monoisotopic (exact) mass is 275 g/mol. The van der Waals surface area contributed by atoms with E-state index in [9.17, 15) is 25.1 Å². The van der Waals surface area contributed by atoms with Crippen LogP contribution in [0.5, 0.6) is 17.2 Å². The Kier molecular flexibility index (Phi) is 3.52. The molecule has 0 heterocycles. The molecule has 0 aliphatic heterocycles. The highest BCUT2D eigenvalue weighted by molar-refractivity contribution is 5.95. The molecule has 0 radical (unpaired) electrons. The highest BCUT2D eigenvalue weighted by Gasteiger charge is 2.22. The Balaban J connectivity index is 2.34. The van der Waals surface area contributed by atoms with Gasteiger partial charge in [-0.25, -0.2) is 4.79 Å². The summed E-state index contributed by atoms with van der Waals surface area (Å²) in [6.45, 7) is 0. The van der Waals surface area contributed by atoms with E-state index in [2.05, 4.69) is 0 Å². The van der Waals surface area contributed by atoms with E-state index in [1.807, 2.05) is 0 Å². The van der Waals surface area contributed by atoms with Gasteiger partial charge in [0, 0.05) is 6.07 Å². The highest BCUT2D eigenvalue weighted by Crippen LogP contribution is 2.35. The Morgan fingerprint density at radius 3 is 2.50 bits per heavy atom. The van der Waals surface area contributed by atoms with Gasteiger partial charge in [0.05, 0.1) is 4.92 Å². The number of ether oxygens (including phenoxy) is 1. The number of hydrogen-bond acceptors (Lipinski definition) is 6. The van der Waals surface area contributed by atoms with Crippen molar-refractivity contribution in [1.82, 2.24) is 0 Å². The highest BCUT2D eigenvalue weighted by atomic mass is 16.6. The Bertz CT molecular complexity index is 682. The minimum Gasteiger partial charge on any atom is -0.504 e. The number of phenols is 2. The van der Waals surface area contributed by atoms with Crippen molar-refractivity contribution in [3.63, 3.8) is 0 Å². The van der Waals surface area contributed by atoms with Gasteiger partial charge in [0.25, 0.3) is 5.69 Å². The van der Waals surface area contributed by atoms with E-state index < -0.39 is 28.1 Å². The first-order valence-electron chi connectivity index (χ1n) is 5.47. The molecule has 20 heavy (non-hydrogen) atoms. The molecule has 0 aliphatic rings. The second-order valence-electron chi connectivity index (χ2n) is 3.79. The van der Waals surface area contributed by atoms with Gasteiger partial charge in [0.15, 0.2) is 11.5 Å². The maximum absolute atomic E-state index is 11.9. The van der Waals surface area contributed by atoms with E-state index in [1.54, 1.807) is 0 Å². The molecule has 0 bridgehead atoms. The summed E-state index contributed by atoms with van der Waals surface area (Å²) in [4.78, 5) is 22.0. The molecule has 0 amide bonds. The first kappa shape index (κ1) is 13.3. The van der Waals surface area contributed by atoms with Gasteiger partial charge in [-0.05, 0) is 18.2 Å². The van der Waals surface area contributed by atoms with Crippen LogP contribution < -0.4 is 4.74 Å². The molecule has 0 atom stereocenters. The number of benzene rings is 2. The lowest BCUT2D eigenvalue weighted by Gasteiger charge is -2.07. The number of phenolic OH excluding ortho intramolecular Hbond substituents is 2. The molecule has 7 heteroatoms. The van der Waals surface area contributed by atoms with Gasteiger partial charge in [-0.15, -0.1) is 0 Å². The lowest BCUT2D eigenvalue weighted by molar-refractivity contribution is -0.385. The van der Waals surface area contributed by atoms with Crippen LogP contribution in [0.2, 0.25) is 0 Å². The van der Waals surface area contributed by atoms with E-state index in [0.717, 1.165) is 0 Å². The number of nitro groups is 1. The Morgan fingerprint density at radius 1 is 1.10 bits per heavy atom. The van der Waals surface area contributed by atoms with Crippen molar-refractivity contribution in [2.75, 3.05) is 0 Å². The fraction of sp³-hybridized carbons (Fsp3) is 0. The lowest BCUT2D eigenvalue weighted by Crippen LogP contribution is -2.11. The summed E-state index contributed by atoms with van der Waals surface area (Å²) in [5.41, 5.74) is -0.655. The zero-order chi connectivity index (χ0) is 14.7. The van der Waals surface area contributed by atoms with Crippen LogP contribution in [0.25, 0.3) is 0 Å². The van der Waals surface area contributed by atoms with Gasteiger partial charge in [-0.1, -0.05) is 18.2 Å². The number of carbonyl (C=O) groups excluding carboxylic acids is 1. The van der Waals surface area contributed by atoms with E-state index in [1.165, 1.54) is 42.5 Å². The SMILES string of the molecule is O=C(Oc1cccc(O)c1O)c1ccccc1[N+](=O)[O-]. The Hall–Kier alpha value is -3.09. The van der Waals surface area contributed by atoms with E-state index in [-0.39, 0.29) is 11.3 Å². The number of carbonyl (C=O) groups is 1. The average molecular weight is 275 g/mol. The van der Waals surface area contributed by atoms with Crippen molar-refractivity contribution in [3.05, 3.63) is 58.1 Å². The summed E-state index contributed by atoms with van der Waals surface area (Å²) >= 11 is 0. The molecule has 2 rings (SSSR count). The van der Waals surface area contributed by atoms with Crippen molar-refractivity contribution >= 4 is 11.7 Å². The minimum absolute atomic E-state index is 0.250. The van der Waals surface area contributed by atoms with Gasteiger partial charge < -0.3 is 14.9 Å². The van der Waals surface area contributed by atoms with Crippen LogP contribution in [0.15, 0.2) is 42.5 Å². The Morgan fingerprint density at radius 2 is 1.80 bits per heavy atom. The lowest BCUT2D eigenvalue weighted by atomic mass is 10.2. The molecule has 102 valence electrons. The quantitative estimate of drug-likeness (QED) is 0.292. The van der Waals surface area contributed by atoms with Crippen molar-refractivity contribution in [3.8, 4) is 17.2 Å². The number of aromatic hydroxyl groups is 2. The summed E-state index contributed by atoms with van der Waals surface area (Å²) in [7, 11) is 0. The van der Waals surface area contributed by atoms with E-state index in [0.29, 0.717) is 0 Å². The topological polar surface area (TPSA) is 110 Å². The van der Waals surface area contributed by atoms with Crippen LogP contribution in [0.1, 0.15) is 10.4 Å². The first-order chi connectivity index (χ1) is 9.50. The molecule has 2 aromatic rings. The van der Waals surface area contributed by atoms with Crippen molar-refractivity contribution in [2.45, 2.75) is 0 Å². The molecular weight excluding hydrogens is 266 g/mol. The molecule has 0 saturated heterocycles. The number of nitro benzene ring substituents is 1. The average Bonchev–Trinajstić information content (AvgIpc) is 2.43. The largest absolute Gasteiger partial charge is 0.504 e. The van der Waals surface area contributed by atoms with Crippen LogP contribution in [0.3, 0.4) is 0 Å². The molecule has 0 spiro atoms.